The predicted octanol–water partition coefficient (Wildman–Crippen LogP) is 0.0240. The Balaban J connectivity index is 2.61. The fourth-order valence-electron chi connectivity index (χ4n) is 0.661. The van der Waals surface area contributed by atoms with Crippen LogP contribution in [0.2, 0.25) is 0 Å². The van der Waals surface area contributed by atoms with Crippen molar-refractivity contribution in [2.75, 3.05) is 6.54 Å². The first-order valence-electron chi connectivity index (χ1n) is 2.88. The lowest BCUT2D eigenvalue weighted by atomic mass is 10.5. The van der Waals surface area contributed by atoms with Crippen molar-refractivity contribution in [3.63, 3.8) is 0 Å². The third kappa shape index (κ3) is 1.54. The molecule has 0 saturated heterocycles. The highest BCUT2D eigenvalue weighted by Gasteiger charge is 1.89. The number of hydrogen-bond donors (Lipinski definition) is 1. The van der Waals surface area contributed by atoms with E-state index in [9.17, 15) is 0 Å². The van der Waals surface area contributed by atoms with Crippen LogP contribution < -0.4 is 5.73 Å². The predicted molar refractivity (Wildman–Crippen MR) is 35.7 cm³/mol. The summed E-state index contributed by atoms with van der Waals surface area (Å²) in [5.41, 5.74) is 6.08. The quantitative estimate of drug-likeness (QED) is 0.604. The molecule has 0 aliphatic heterocycles. The van der Waals surface area contributed by atoms with Crippen molar-refractivity contribution >= 4 is 0 Å². The Morgan fingerprint density at radius 2 is 2.56 bits per heavy atom. The van der Waals surface area contributed by atoms with E-state index in [1.54, 1.807) is 4.68 Å². The lowest BCUT2D eigenvalue weighted by Gasteiger charge is -1.93. The molecule has 3 nitrogen and oxygen atoms in total. The largest absolute Gasteiger partial charge is 0.329 e. The van der Waals surface area contributed by atoms with Gasteiger partial charge in [-0.2, -0.15) is 5.10 Å². The third-order valence-corrected chi connectivity index (χ3v) is 1.05. The van der Waals surface area contributed by atoms with E-state index in [-0.39, 0.29) is 0 Å². The van der Waals surface area contributed by atoms with E-state index in [2.05, 4.69) is 12.0 Å². The van der Waals surface area contributed by atoms with Gasteiger partial charge in [-0.05, 0) is 13.0 Å². The van der Waals surface area contributed by atoms with Crippen LogP contribution in [0.4, 0.5) is 0 Å². The molecule has 0 unspecified atom stereocenters. The van der Waals surface area contributed by atoms with Crippen LogP contribution in [-0.4, -0.2) is 16.3 Å². The molecule has 1 heterocycles. The zero-order valence-electron chi connectivity index (χ0n) is 5.25. The number of nitrogens with zero attached hydrogens (tertiary/aromatic N) is 2. The second-order valence-corrected chi connectivity index (χ2v) is 1.86. The first kappa shape index (κ1) is 6.29. The van der Waals surface area contributed by atoms with Crippen LogP contribution >= 0.6 is 0 Å². The maximum atomic E-state index is 5.29. The van der Waals surface area contributed by atoms with Crippen LogP contribution in [0.5, 0.6) is 0 Å². The fraction of sp³-hybridized carbons (Fsp3) is 0.333. The summed E-state index contributed by atoms with van der Waals surface area (Å²) in [7, 11) is 0. The van der Waals surface area contributed by atoms with Crippen LogP contribution in [0.1, 0.15) is 5.69 Å². The summed E-state index contributed by atoms with van der Waals surface area (Å²) in [5, 5.41) is 4.03. The van der Waals surface area contributed by atoms with Gasteiger partial charge in [-0.1, -0.05) is 0 Å². The van der Waals surface area contributed by atoms with Crippen molar-refractivity contribution in [2.24, 2.45) is 5.73 Å². The minimum absolute atomic E-state index is 0.626. The molecule has 1 radical (unpaired) electrons. The molecule has 1 rings (SSSR count). The van der Waals surface area contributed by atoms with E-state index in [1.165, 1.54) is 0 Å². The van der Waals surface area contributed by atoms with Gasteiger partial charge < -0.3 is 5.73 Å². The van der Waals surface area contributed by atoms with Crippen molar-refractivity contribution in [3.05, 3.63) is 24.9 Å². The Labute approximate surface area is 54.5 Å². The van der Waals surface area contributed by atoms with E-state index in [0.29, 0.717) is 6.54 Å². The molecule has 0 fully saturated rings. The van der Waals surface area contributed by atoms with Crippen molar-refractivity contribution in [1.29, 1.82) is 0 Å². The Kier molecular flexibility index (Phi) is 1.85. The van der Waals surface area contributed by atoms with Crippen LogP contribution in [0, 0.1) is 6.92 Å². The molecule has 1 aromatic rings. The number of aromatic nitrogens is 2. The monoisotopic (exact) mass is 124 g/mol. The Morgan fingerprint density at radius 1 is 1.78 bits per heavy atom. The first-order valence-corrected chi connectivity index (χ1v) is 2.88. The van der Waals surface area contributed by atoms with Gasteiger partial charge in [-0.3, -0.25) is 4.68 Å². The molecular formula is C6H10N3. The molecule has 0 bridgehead atoms. The van der Waals surface area contributed by atoms with Gasteiger partial charge in [0.05, 0.1) is 12.2 Å². The van der Waals surface area contributed by atoms with Crippen molar-refractivity contribution in [3.8, 4) is 0 Å². The first-order chi connectivity index (χ1) is 4.33. The molecule has 49 valence electrons. The van der Waals surface area contributed by atoms with Crippen LogP contribution in [0.15, 0.2) is 12.3 Å². The molecule has 0 aliphatic rings. The summed E-state index contributed by atoms with van der Waals surface area (Å²) in [6.07, 6.45) is 1.87. The summed E-state index contributed by atoms with van der Waals surface area (Å²) >= 11 is 0. The lowest BCUT2D eigenvalue weighted by molar-refractivity contribution is 0.622. The Hall–Kier alpha value is -0.830. The van der Waals surface area contributed by atoms with E-state index < -0.39 is 0 Å². The number of rotatable bonds is 2. The van der Waals surface area contributed by atoms with Gasteiger partial charge in [0.2, 0.25) is 0 Å². The van der Waals surface area contributed by atoms with E-state index in [4.69, 9.17) is 5.73 Å². The zero-order chi connectivity index (χ0) is 6.69. The van der Waals surface area contributed by atoms with E-state index in [0.717, 1.165) is 12.2 Å². The number of hydrogen-bond acceptors (Lipinski definition) is 2. The third-order valence-electron chi connectivity index (χ3n) is 1.05. The molecule has 0 atom stereocenters. The molecule has 0 aliphatic carbocycles. The SMILES string of the molecule is [CH2]c1ccn(CCN)n1. The minimum Gasteiger partial charge on any atom is -0.329 e. The Morgan fingerprint density at radius 3 is 3.00 bits per heavy atom. The average Bonchev–Trinajstić information content (AvgIpc) is 2.17. The second-order valence-electron chi connectivity index (χ2n) is 1.86. The van der Waals surface area contributed by atoms with Crippen LogP contribution in [0.25, 0.3) is 0 Å². The molecule has 1 aromatic heterocycles. The van der Waals surface area contributed by atoms with Crippen molar-refractivity contribution in [2.45, 2.75) is 6.54 Å². The van der Waals surface area contributed by atoms with E-state index in [1.807, 2.05) is 12.3 Å². The van der Waals surface area contributed by atoms with Crippen molar-refractivity contribution < 1.29 is 0 Å². The summed E-state index contributed by atoms with van der Waals surface area (Å²) in [6.45, 7) is 5.05. The highest BCUT2D eigenvalue weighted by Crippen LogP contribution is 1.90. The van der Waals surface area contributed by atoms with Gasteiger partial charge in [-0.25, -0.2) is 0 Å². The highest BCUT2D eigenvalue weighted by molar-refractivity contribution is 5.01. The van der Waals surface area contributed by atoms with Gasteiger partial charge in [0.15, 0.2) is 0 Å². The van der Waals surface area contributed by atoms with Gasteiger partial charge in [0, 0.05) is 12.7 Å². The standard InChI is InChI=1S/C6H10N3/c1-6-2-4-9(8-6)5-3-7/h2,4H,1,3,5,7H2. The smallest absolute Gasteiger partial charge is 0.0628 e. The maximum Gasteiger partial charge on any atom is 0.0628 e. The summed E-state index contributed by atoms with van der Waals surface area (Å²) in [4.78, 5) is 0. The molecular weight excluding hydrogens is 114 g/mol. The summed E-state index contributed by atoms with van der Waals surface area (Å²) in [6, 6.07) is 1.86. The van der Waals surface area contributed by atoms with Gasteiger partial charge in [0.25, 0.3) is 0 Å². The normalized spacial score (nSPS) is 10.0. The van der Waals surface area contributed by atoms with Gasteiger partial charge in [-0.15, -0.1) is 0 Å². The average molecular weight is 124 g/mol. The molecule has 0 saturated carbocycles. The molecule has 9 heavy (non-hydrogen) atoms. The molecule has 0 aromatic carbocycles. The minimum atomic E-state index is 0.626. The summed E-state index contributed by atoms with van der Waals surface area (Å²) in [5.74, 6) is 0. The number of nitrogens with two attached hydrogens (primary N) is 1. The molecule has 0 amide bonds. The Bertz CT molecular complexity index is 180. The topological polar surface area (TPSA) is 43.8 Å². The zero-order valence-corrected chi connectivity index (χ0v) is 5.25. The fourth-order valence-corrected chi connectivity index (χ4v) is 0.661. The van der Waals surface area contributed by atoms with E-state index >= 15 is 0 Å². The van der Waals surface area contributed by atoms with Gasteiger partial charge in [0.1, 0.15) is 0 Å². The van der Waals surface area contributed by atoms with Crippen molar-refractivity contribution in [1.82, 2.24) is 9.78 Å². The molecule has 0 spiro atoms. The molecule has 2 N–H and O–H groups in total. The molecule has 3 heteroatoms. The second kappa shape index (κ2) is 2.64. The van der Waals surface area contributed by atoms with Gasteiger partial charge >= 0.3 is 0 Å². The highest BCUT2D eigenvalue weighted by atomic mass is 15.3. The lowest BCUT2D eigenvalue weighted by Crippen LogP contribution is -2.09. The van der Waals surface area contributed by atoms with Crippen LogP contribution in [-0.2, 0) is 6.54 Å². The van der Waals surface area contributed by atoms with Crippen LogP contribution in [0.3, 0.4) is 0 Å². The summed E-state index contributed by atoms with van der Waals surface area (Å²) < 4.78 is 1.78. The maximum absolute atomic E-state index is 5.29.